The molecule has 0 fully saturated rings. The van der Waals surface area contributed by atoms with Gasteiger partial charge in [-0.05, 0) is 7.54 Å². The molecule has 0 heterocycles. The second kappa shape index (κ2) is 3.54. The molecule has 8 nitrogen and oxygen atoms in total. The van der Waals surface area contributed by atoms with Gasteiger partial charge >= 0.3 is 31.2 Å². The van der Waals surface area contributed by atoms with Crippen LogP contribution in [-0.4, -0.2) is 25.3 Å². The van der Waals surface area contributed by atoms with E-state index in [-0.39, 0.29) is 0 Å². The van der Waals surface area contributed by atoms with E-state index in [1.807, 2.05) is 7.54 Å². The maximum Gasteiger partial charge on any atom is 0.391 e. The molecule has 0 aliphatic rings. The summed E-state index contributed by atoms with van der Waals surface area (Å²) in [5.41, 5.74) is 0. The van der Waals surface area contributed by atoms with Crippen LogP contribution in [0.4, 0.5) is 0 Å². The molecule has 0 aliphatic heterocycles. The summed E-state index contributed by atoms with van der Waals surface area (Å²) in [6, 6.07) is 0. The molecule has 11 heteroatoms. The van der Waals surface area contributed by atoms with Gasteiger partial charge in [-0.1, -0.05) is 0 Å². The van der Waals surface area contributed by atoms with E-state index in [0.29, 0.717) is 0 Å². The van der Waals surface area contributed by atoms with E-state index in [1.165, 1.54) is 0 Å². The lowest BCUT2D eigenvalue weighted by atomic mass is 13.9. The Bertz CT molecular complexity index is 426. The lowest BCUT2D eigenvalue weighted by Crippen LogP contribution is -1.87. The van der Waals surface area contributed by atoms with E-state index in [1.54, 1.807) is 0 Å². The van der Waals surface area contributed by atoms with Gasteiger partial charge < -0.3 is 0 Å². The quantitative estimate of drug-likeness (QED) is 0.548. The summed E-state index contributed by atoms with van der Waals surface area (Å²) in [6.45, 7) is 0. The van der Waals surface area contributed by atoms with Crippen molar-refractivity contribution < 1.29 is 25.3 Å². The highest BCUT2D eigenvalue weighted by Gasteiger charge is 2.05. The third-order valence-electron chi connectivity index (χ3n) is 0.310. The Hall–Kier alpha value is -0.810. The SMILES string of the molecule is O=S(=O)=NS(=O)(=O)N=S(=O)=O. The summed E-state index contributed by atoms with van der Waals surface area (Å²) < 4.78 is 62.6. The molecular formula is N2O6S3. The van der Waals surface area contributed by atoms with Crippen molar-refractivity contribution in [3.05, 3.63) is 0 Å². The smallest absolute Gasteiger partial charge is 0.177 e. The van der Waals surface area contributed by atoms with Crippen molar-refractivity contribution in [3.63, 3.8) is 0 Å². The van der Waals surface area contributed by atoms with Crippen LogP contribution in [0.3, 0.4) is 0 Å². The normalized spacial score (nSPS) is 10.2. The van der Waals surface area contributed by atoms with E-state index >= 15 is 0 Å². The minimum absolute atomic E-state index is 1.98. The number of hydrogen-bond acceptors (Lipinski definition) is 6. The molecule has 11 heavy (non-hydrogen) atoms. The Morgan fingerprint density at radius 1 is 0.818 bits per heavy atom. The first-order valence-electron chi connectivity index (χ1n) is 1.73. The molecule has 0 N–H and O–H groups in total. The van der Waals surface area contributed by atoms with Crippen LogP contribution in [0, 0.1) is 0 Å². The first kappa shape index (κ1) is 10.2. The van der Waals surface area contributed by atoms with Crippen LogP contribution in [0.15, 0.2) is 7.54 Å². The number of hydrogen-bond donors (Lipinski definition) is 0. The zero-order chi connectivity index (χ0) is 9.07. The van der Waals surface area contributed by atoms with Crippen molar-refractivity contribution in [2.24, 2.45) is 7.54 Å². The Morgan fingerprint density at radius 3 is 1.27 bits per heavy atom. The Balaban J connectivity index is 5.49. The maximum absolute atomic E-state index is 10.1. The summed E-state index contributed by atoms with van der Waals surface area (Å²) in [6.07, 6.45) is 0. The second-order valence-electron chi connectivity index (χ2n) is 1.03. The molecule has 0 aliphatic carbocycles. The highest BCUT2D eigenvalue weighted by molar-refractivity contribution is 7.96. The van der Waals surface area contributed by atoms with Crippen molar-refractivity contribution in [1.82, 2.24) is 0 Å². The monoisotopic (exact) mass is 220 g/mol. The largest absolute Gasteiger partial charge is 0.391 e. The van der Waals surface area contributed by atoms with Gasteiger partial charge in [0.2, 0.25) is 0 Å². The number of nitrogens with zero attached hydrogens (tertiary/aromatic N) is 2. The van der Waals surface area contributed by atoms with Crippen molar-refractivity contribution in [2.75, 3.05) is 0 Å². The molecule has 0 spiro atoms. The molecule has 0 atom stereocenters. The molecule has 0 aromatic rings. The van der Waals surface area contributed by atoms with Crippen LogP contribution in [0.1, 0.15) is 0 Å². The average Bonchev–Trinajstić information content (AvgIpc) is 1.53. The molecule has 0 radical (unpaired) electrons. The minimum atomic E-state index is -4.76. The molecular weight excluding hydrogens is 220 g/mol. The first-order valence-corrected chi connectivity index (χ1v) is 5.19. The van der Waals surface area contributed by atoms with Crippen LogP contribution in [0.2, 0.25) is 0 Å². The van der Waals surface area contributed by atoms with Gasteiger partial charge in [-0.15, -0.1) is 0 Å². The van der Waals surface area contributed by atoms with Crippen molar-refractivity contribution in [1.29, 1.82) is 0 Å². The van der Waals surface area contributed by atoms with Crippen LogP contribution >= 0.6 is 0 Å². The van der Waals surface area contributed by atoms with Gasteiger partial charge in [-0.2, -0.15) is 25.3 Å². The highest BCUT2D eigenvalue weighted by Crippen LogP contribution is 1.90. The zero-order valence-corrected chi connectivity index (χ0v) is 7.02. The molecule has 0 aromatic heterocycles. The molecule has 0 rings (SSSR count). The number of rotatable bonds is 2. The molecule has 0 saturated heterocycles. The topological polar surface area (TPSA) is 127 Å². The van der Waals surface area contributed by atoms with Gasteiger partial charge in [0.15, 0.2) is 0 Å². The molecule has 0 amide bonds. The molecule has 0 saturated carbocycles. The fourth-order valence-corrected chi connectivity index (χ4v) is 1.75. The molecule has 0 aromatic carbocycles. The standard InChI is InChI=1S/N2O6S3/c3-9(4)1-11(7,8)2-10(5)6. The summed E-state index contributed by atoms with van der Waals surface area (Å²) >= 11 is 0. The van der Waals surface area contributed by atoms with Gasteiger partial charge in [0.1, 0.15) is 0 Å². The molecule has 0 bridgehead atoms. The minimum Gasteiger partial charge on any atom is -0.177 e. The van der Waals surface area contributed by atoms with Crippen molar-refractivity contribution in [2.45, 2.75) is 0 Å². The van der Waals surface area contributed by atoms with Crippen LogP contribution < -0.4 is 0 Å². The fourth-order valence-electron chi connectivity index (χ4n) is 0.167. The van der Waals surface area contributed by atoms with Crippen LogP contribution in [0.25, 0.3) is 0 Å². The fraction of sp³-hybridized carbons (Fsp3) is 0. The van der Waals surface area contributed by atoms with Gasteiger partial charge in [-0.25, -0.2) is 0 Å². The predicted molar refractivity (Wildman–Crippen MR) is 31.6 cm³/mol. The predicted octanol–water partition coefficient (Wildman–Crippen LogP) is -1.64. The van der Waals surface area contributed by atoms with Gasteiger partial charge in [0.25, 0.3) is 0 Å². The zero-order valence-electron chi connectivity index (χ0n) is 4.57. The third kappa shape index (κ3) is 5.63. The van der Waals surface area contributed by atoms with E-state index in [4.69, 9.17) is 0 Å². The Labute approximate surface area is 64.5 Å². The molecule has 64 valence electrons. The third-order valence-corrected chi connectivity index (χ3v) is 2.79. The highest BCUT2D eigenvalue weighted by atomic mass is 32.3. The maximum atomic E-state index is 10.1. The van der Waals surface area contributed by atoms with Gasteiger partial charge in [0.05, 0.1) is 0 Å². The summed E-state index contributed by atoms with van der Waals surface area (Å²) in [5, 5.41) is 0. The van der Waals surface area contributed by atoms with E-state index in [2.05, 4.69) is 0 Å². The van der Waals surface area contributed by atoms with E-state index < -0.39 is 31.2 Å². The van der Waals surface area contributed by atoms with Crippen molar-refractivity contribution >= 4 is 31.2 Å². The van der Waals surface area contributed by atoms with Gasteiger partial charge in [-0.3, -0.25) is 0 Å². The molecule has 0 unspecified atom stereocenters. The van der Waals surface area contributed by atoms with E-state index in [9.17, 15) is 25.3 Å². The summed E-state index contributed by atoms with van der Waals surface area (Å²) in [4.78, 5) is 0. The van der Waals surface area contributed by atoms with Crippen LogP contribution in [-0.2, 0) is 31.2 Å². The Morgan fingerprint density at radius 2 is 1.09 bits per heavy atom. The summed E-state index contributed by atoms with van der Waals surface area (Å²) in [7, 11) is -11.2. The Kier molecular flexibility index (Phi) is 3.28. The second-order valence-corrected chi connectivity index (χ2v) is 3.99. The van der Waals surface area contributed by atoms with E-state index in [0.717, 1.165) is 0 Å². The van der Waals surface area contributed by atoms with Crippen molar-refractivity contribution in [3.8, 4) is 0 Å². The average molecular weight is 220 g/mol. The van der Waals surface area contributed by atoms with Crippen LogP contribution in [0.5, 0.6) is 0 Å². The first-order chi connectivity index (χ1) is 4.83. The lowest BCUT2D eigenvalue weighted by Gasteiger charge is -1.73. The lowest BCUT2D eigenvalue weighted by molar-refractivity contribution is 0.596. The summed E-state index contributed by atoms with van der Waals surface area (Å²) in [5.74, 6) is 0. The van der Waals surface area contributed by atoms with Gasteiger partial charge in [0, 0.05) is 0 Å².